The molecule has 0 radical (unpaired) electrons. The molecule has 1 spiro atoms. The molecule has 1 saturated carbocycles. The predicted octanol–water partition coefficient (Wildman–Crippen LogP) is 2.04. The van der Waals surface area contributed by atoms with Gasteiger partial charge in [0.15, 0.2) is 5.82 Å². The summed E-state index contributed by atoms with van der Waals surface area (Å²) in [4.78, 5) is 12.9. The Bertz CT molecular complexity index is 752. The van der Waals surface area contributed by atoms with Crippen LogP contribution in [0.3, 0.4) is 0 Å². The highest BCUT2D eigenvalue weighted by molar-refractivity contribution is 5.86. The van der Waals surface area contributed by atoms with Gasteiger partial charge in [-0.1, -0.05) is 23.4 Å². The maximum Gasteiger partial charge on any atom is 0.233 e. The fourth-order valence-electron chi connectivity index (χ4n) is 3.49. The Balaban J connectivity index is 1.60. The summed E-state index contributed by atoms with van der Waals surface area (Å²) in [7, 11) is 0. The van der Waals surface area contributed by atoms with Gasteiger partial charge in [0.1, 0.15) is 16.8 Å². The summed E-state index contributed by atoms with van der Waals surface area (Å²) in [5.74, 6) is 1.16. The van der Waals surface area contributed by atoms with Crippen molar-refractivity contribution in [2.45, 2.75) is 56.6 Å². The zero-order valence-corrected chi connectivity index (χ0v) is 13.9. The van der Waals surface area contributed by atoms with Crippen LogP contribution < -0.4 is 10.1 Å². The number of aromatic amines is 1. The van der Waals surface area contributed by atoms with Crippen LogP contribution in [0.25, 0.3) is 0 Å². The van der Waals surface area contributed by atoms with Crippen molar-refractivity contribution in [1.29, 1.82) is 0 Å². The highest BCUT2D eigenvalue weighted by atomic mass is 16.5. The molecular weight excluding hydrogens is 306 g/mol. The Labute approximate surface area is 140 Å². The summed E-state index contributed by atoms with van der Waals surface area (Å²) >= 11 is 0. The van der Waals surface area contributed by atoms with Crippen molar-refractivity contribution in [3.63, 3.8) is 0 Å². The number of nitrogens with one attached hydrogen (secondary N) is 2. The zero-order valence-electron chi connectivity index (χ0n) is 13.9. The fraction of sp³-hybridized carbons (Fsp3) is 0.529. The number of nitrogens with zero attached hydrogens (tertiary/aromatic N) is 3. The van der Waals surface area contributed by atoms with Crippen LogP contribution in [0.15, 0.2) is 24.3 Å². The van der Waals surface area contributed by atoms with Crippen LogP contribution in [0.5, 0.6) is 5.75 Å². The third-order valence-corrected chi connectivity index (χ3v) is 5.24. The lowest BCUT2D eigenvalue weighted by molar-refractivity contribution is -0.127. The number of H-pyrrole nitrogens is 1. The number of ether oxygens (including phenoxy) is 1. The van der Waals surface area contributed by atoms with Crippen LogP contribution in [-0.4, -0.2) is 32.1 Å². The van der Waals surface area contributed by atoms with E-state index in [9.17, 15) is 4.79 Å². The molecule has 1 aromatic heterocycles. The first-order chi connectivity index (χ1) is 11.5. The van der Waals surface area contributed by atoms with Gasteiger partial charge in [0.05, 0.1) is 6.04 Å². The number of rotatable bonds is 3. The number of benzene rings is 1. The van der Waals surface area contributed by atoms with Crippen LogP contribution in [0.2, 0.25) is 0 Å². The molecule has 126 valence electrons. The molecule has 1 fully saturated rings. The molecule has 1 amide bonds. The zero-order chi connectivity index (χ0) is 16.8. The Morgan fingerprint density at radius 3 is 2.83 bits per heavy atom. The number of carbonyl (C=O) groups excluding carboxylic acids is 1. The topological polar surface area (TPSA) is 92.8 Å². The van der Waals surface area contributed by atoms with Crippen molar-refractivity contribution >= 4 is 5.91 Å². The average Bonchev–Trinajstić information content (AvgIpc) is 3.08. The number of para-hydroxylation sites is 1. The van der Waals surface area contributed by atoms with Crippen molar-refractivity contribution in [1.82, 2.24) is 25.9 Å². The third kappa shape index (κ3) is 2.35. The Hall–Kier alpha value is -2.44. The van der Waals surface area contributed by atoms with Crippen LogP contribution in [-0.2, 0) is 10.2 Å². The van der Waals surface area contributed by atoms with E-state index in [-0.39, 0.29) is 17.6 Å². The lowest BCUT2D eigenvalue weighted by atomic mass is 9.72. The van der Waals surface area contributed by atoms with Gasteiger partial charge in [-0.05, 0) is 39.2 Å². The number of amides is 1. The van der Waals surface area contributed by atoms with Gasteiger partial charge >= 0.3 is 0 Å². The van der Waals surface area contributed by atoms with Gasteiger partial charge in [0.2, 0.25) is 5.91 Å². The summed E-state index contributed by atoms with van der Waals surface area (Å²) in [5, 5.41) is 17.1. The molecule has 7 heteroatoms. The maximum absolute atomic E-state index is 12.9. The van der Waals surface area contributed by atoms with E-state index in [0.717, 1.165) is 30.6 Å². The fourth-order valence-corrected chi connectivity index (χ4v) is 3.49. The standard InChI is InChI=1S/C17H21N5O2/c1-16(2,14-19-21-22-20-14)15(23)18-12-10-17(8-5-9-17)24-13-7-4-3-6-11(12)13/h3-4,6-7,12H,5,8-10H2,1-2H3,(H,18,23)(H,19,20,21,22). The highest BCUT2D eigenvalue weighted by Crippen LogP contribution is 2.48. The summed E-state index contributed by atoms with van der Waals surface area (Å²) < 4.78 is 6.23. The number of fused-ring (bicyclic) bond motifs is 1. The minimum Gasteiger partial charge on any atom is -0.487 e. The summed E-state index contributed by atoms with van der Waals surface area (Å²) in [6, 6.07) is 7.89. The van der Waals surface area contributed by atoms with E-state index in [1.165, 1.54) is 6.42 Å². The summed E-state index contributed by atoms with van der Waals surface area (Å²) in [5.41, 5.74) is 0.0579. The van der Waals surface area contributed by atoms with E-state index in [4.69, 9.17) is 4.74 Å². The second kappa shape index (κ2) is 5.29. The number of hydrogen-bond donors (Lipinski definition) is 2. The summed E-state index contributed by atoms with van der Waals surface area (Å²) in [6.45, 7) is 3.61. The monoisotopic (exact) mass is 327 g/mol. The first kappa shape index (κ1) is 15.1. The largest absolute Gasteiger partial charge is 0.487 e. The molecule has 7 nitrogen and oxygen atoms in total. The van der Waals surface area contributed by atoms with Crippen molar-refractivity contribution in [3.8, 4) is 5.75 Å². The van der Waals surface area contributed by atoms with E-state index >= 15 is 0 Å². The molecule has 2 aromatic rings. The van der Waals surface area contributed by atoms with Gasteiger partial charge in [-0.2, -0.15) is 5.21 Å². The van der Waals surface area contributed by atoms with Gasteiger partial charge in [-0.25, -0.2) is 0 Å². The second-order valence-corrected chi connectivity index (χ2v) is 7.27. The quantitative estimate of drug-likeness (QED) is 0.900. The average molecular weight is 327 g/mol. The number of aromatic nitrogens is 4. The molecule has 1 unspecified atom stereocenters. The van der Waals surface area contributed by atoms with Crippen molar-refractivity contribution in [2.24, 2.45) is 0 Å². The molecule has 1 aliphatic heterocycles. The number of tetrazole rings is 1. The minimum atomic E-state index is -0.854. The molecule has 0 saturated heterocycles. The smallest absolute Gasteiger partial charge is 0.233 e. The number of carbonyl (C=O) groups is 1. The van der Waals surface area contributed by atoms with E-state index in [2.05, 4.69) is 25.9 Å². The molecular formula is C17H21N5O2. The van der Waals surface area contributed by atoms with Crippen LogP contribution in [0.4, 0.5) is 0 Å². The maximum atomic E-state index is 12.9. The molecule has 24 heavy (non-hydrogen) atoms. The van der Waals surface area contributed by atoms with Gasteiger partial charge in [-0.15, -0.1) is 10.2 Å². The first-order valence-electron chi connectivity index (χ1n) is 8.33. The van der Waals surface area contributed by atoms with Crippen LogP contribution >= 0.6 is 0 Å². The Morgan fingerprint density at radius 1 is 1.38 bits per heavy atom. The van der Waals surface area contributed by atoms with E-state index in [0.29, 0.717) is 5.82 Å². The Kier molecular flexibility index (Phi) is 3.33. The predicted molar refractivity (Wildman–Crippen MR) is 86.4 cm³/mol. The first-order valence-corrected chi connectivity index (χ1v) is 8.33. The van der Waals surface area contributed by atoms with Crippen molar-refractivity contribution in [3.05, 3.63) is 35.7 Å². The molecule has 2 aliphatic rings. The molecule has 1 aliphatic carbocycles. The van der Waals surface area contributed by atoms with Gasteiger partial charge < -0.3 is 10.1 Å². The van der Waals surface area contributed by atoms with E-state index in [1.807, 2.05) is 24.3 Å². The number of hydrogen-bond acceptors (Lipinski definition) is 5. The molecule has 1 atom stereocenters. The normalized spacial score (nSPS) is 21.5. The molecule has 4 rings (SSSR count). The lowest BCUT2D eigenvalue weighted by Crippen LogP contribution is -2.51. The Morgan fingerprint density at radius 2 is 2.17 bits per heavy atom. The minimum absolute atomic E-state index is 0.0612. The van der Waals surface area contributed by atoms with E-state index in [1.54, 1.807) is 13.8 Å². The lowest BCUT2D eigenvalue weighted by Gasteiger charge is -2.48. The van der Waals surface area contributed by atoms with E-state index < -0.39 is 5.41 Å². The van der Waals surface area contributed by atoms with Gasteiger partial charge in [-0.3, -0.25) is 4.79 Å². The van der Waals surface area contributed by atoms with Crippen LogP contribution in [0.1, 0.15) is 57.0 Å². The van der Waals surface area contributed by atoms with Gasteiger partial charge in [0.25, 0.3) is 0 Å². The van der Waals surface area contributed by atoms with Crippen LogP contribution in [0, 0.1) is 0 Å². The second-order valence-electron chi connectivity index (χ2n) is 7.27. The molecule has 1 aromatic carbocycles. The van der Waals surface area contributed by atoms with Gasteiger partial charge in [0, 0.05) is 12.0 Å². The molecule has 2 heterocycles. The van der Waals surface area contributed by atoms with Crippen molar-refractivity contribution in [2.75, 3.05) is 0 Å². The third-order valence-electron chi connectivity index (χ3n) is 5.24. The summed E-state index contributed by atoms with van der Waals surface area (Å²) in [6.07, 6.45) is 4.07. The van der Waals surface area contributed by atoms with Crippen molar-refractivity contribution < 1.29 is 9.53 Å². The SMILES string of the molecule is CC(C)(C(=O)NC1CC2(CCC2)Oc2ccccc21)c1nn[nH]n1. The molecule has 2 N–H and O–H groups in total. The molecule has 0 bridgehead atoms. The highest BCUT2D eigenvalue weighted by Gasteiger charge is 2.47.